The lowest BCUT2D eigenvalue weighted by molar-refractivity contribution is 0.324. The molecule has 0 bridgehead atoms. The predicted octanol–water partition coefficient (Wildman–Crippen LogP) is 2.36. The van der Waals surface area contributed by atoms with Crippen molar-refractivity contribution in [2.75, 3.05) is 43.4 Å². The van der Waals surface area contributed by atoms with E-state index in [4.69, 9.17) is 5.73 Å². The van der Waals surface area contributed by atoms with Gasteiger partial charge in [0, 0.05) is 31.0 Å². The SMILES string of the molecule is CC1CCN(CCCN2CCc3ccc(N)cc32)C1. The van der Waals surface area contributed by atoms with Crippen molar-refractivity contribution in [1.82, 2.24) is 4.90 Å². The van der Waals surface area contributed by atoms with Gasteiger partial charge >= 0.3 is 0 Å². The Balaban J connectivity index is 1.51. The highest BCUT2D eigenvalue weighted by molar-refractivity contribution is 5.64. The van der Waals surface area contributed by atoms with Gasteiger partial charge in [-0.05, 0) is 56.0 Å². The number of likely N-dealkylation sites (tertiary alicyclic amines) is 1. The Hall–Kier alpha value is -1.22. The van der Waals surface area contributed by atoms with E-state index >= 15 is 0 Å². The summed E-state index contributed by atoms with van der Waals surface area (Å²) in [6.07, 6.45) is 3.82. The highest BCUT2D eigenvalue weighted by atomic mass is 15.2. The predicted molar refractivity (Wildman–Crippen MR) is 81.6 cm³/mol. The third kappa shape index (κ3) is 2.86. The molecule has 2 aliphatic heterocycles. The van der Waals surface area contributed by atoms with Crippen LogP contribution >= 0.6 is 0 Å². The van der Waals surface area contributed by atoms with Gasteiger partial charge < -0.3 is 15.5 Å². The van der Waals surface area contributed by atoms with E-state index in [-0.39, 0.29) is 0 Å². The summed E-state index contributed by atoms with van der Waals surface area (Å²) < 4.78 is 0. The molecule has 0 aromatic heterocycles. The zero-order chi connectivity index (χ0) is 13.2. The number of nitrogens with two attached hydrogens (primary N) is 1. The Morgan fingerprint density at radius 3 is 2.95 bits per heavy atom. The smallest absolute Gasteiger partial charge is 0.0420 e. The summed E-state index contributed by atoms with van der Waals surface area (Å²) in [5.74, 6) is 0.896. The number of fused-ring (bicyclic) bond motifs is 1. The second-order valence-electron chi connectivity index (χ2n) is 6.17. The Kier molecular flexibility index (Phi) is 3.65. The highest BCUT2D eigenvalue weighted by Crippen LogP contribution is 2.29. The molecule has 1 unspecified atom stereocenters. The van der Waals surface area contributed by atoms with Crippen LogP contribution in [0.5, 0.6) is 0 Å². The standard InChI is InChI=1S/C16H25N3/c1-13-5-9-18(12-13)7-2-8-19-10-6-14-3-4-15(17)11-16(14)19/h3-4,11,13H,2,5-10,12,17H2,1H3. The van der Waals surface area contributed by atoms with Crippen molar-refractivity contribution in [3.05, 3.63) is 23.8 Å². The molecule has 1 saturated heterocycles. The van der Waals surface area contributed by atoms with Gasteiger partial charge in [-0.1, -0.05) is 13.0 Å². The summed E-state index contributed by atoms with van der Waals surface area (Å²) in [5.41, 5.74) is 9.62. The topological polar surface area (TPSA) is 32.5 Å². The van der Waals surface area contributed by atoms with Crippen LogP contribution < -0.4 is 10.6 Å². The van der Waals surface area contributed by atoms with E-state index in [9.17, 15) is 0 Å². The van der Waals surface area contributed by atoms with E-state index in [1.165, 1.54) is 56.7 Å². The Morgan fingerprint density at radius 2 is 2.16 bits per heavy atom. The van der Waals surface area contributed by atoms with E-state index < -0.39 is 0 Å². The van der Waals surface area contributed by atoms with Crippen molar-refractivity contribution in [3.63, 3.8) is 0 Å². The molecule has 1 atom stereocenters. The lowest BCUT2D eigenvalue weighted by atomic mass is 10.1. The number of nitrogen functional groups attached to an aromatic ring is 1. The minimum Gasteiger partial charge on any atom is -0.399 e. The number of anilines is 2. The van der Waals surface area contributed by atoms with Gasteiger partial charge in [0.2, 0.25) is 0 Å². The molecule has 3 nitrogen and oxygen atoms in total. The first-order valence-corrected chi connectivity index (χ1v) is 7.58. The number of hydrogen-bond acceptors (Lipinski definition) is 3. The van der Waals surface area contributed by atoms with E-state index in [1.54, 1.807) is 0 Å². The normalized spacial score (nSPS) is 23.0. The third-order valence-electron chi connectivity index (χ3n) is 4.51. The van der Waals surface area contributed by atoms with Crippen LogP contribution in [0.15, 0.2) is 18.2 Å². The van der Waals surface area contributed by atoms with Crippen LogP contribution in [0.4, 0.5) is 11.4 Å². The fourth-order valence-corrected chi connectivity index (χ4v) is 3.41. The lowest BCUT2D eigenvalue weighted by Gasteiger charge is -2.22. The largest absolute Gasteiger partial charge is 0.399 e. The molecule has 3 heteroatoms. The quantitative estimate of drug-likeness (QED) is 0.843. The molecule has 0 saturated carbocycles. The van der Waals surface area contributed by atoms with Gasteiger partial charge in [-0.15, -0.1) is 0 Å². The Morgan fingerprint density at radius 1 is 1.26 bits per heavy atom. The summed E-state index contributed by atoms with van der Waals surface area (Å²) in [4.78, 5) is 5.12. The number of benzene rings is 1. The van der Waals surface area contributed by atoms with Gasteiger partial charge in [-0.3, -0.25) is 0 Å². The molecule has 2 N–H and O–H groups in total. The summed E-state index contributed by atoms with van der Waals surface area (Å²) in [5, 5.41) is 0. The van der Waals surface area contributed by atoms with Gasteiger partial charge in [0.25, 0.3) is 0 Å². The molecule has 0 aliphatic carbocycles. The molecule has 1 fully saturated rings. The molecule has 1 aromatic rings. The van der Waals surface area contributed by atoms with Gasteiger partial charge in [0.15, 0.2) is 0 Å². The van der Waals surface area contributed by atoms with Gasteiger partial charge in [-0.25, -0.2) is 0 Å². The van der Waals surface area contributed by atoms with Crippen LogP contribution in [-0.4, -0.2) is 37.6 Å². The average Bonchev–Trinajstić information content (AvgIpc) is 2.97. The van der Waals surface area contributed by atoms with Crippen molar-refractivity contribution in [1.29, 1.82) is 0 Å². The van der Waals surface area contributed by atoms with Crippen molar-refractivity contribution in [3.8, 4) is 0 Å². The first-order valence-electron chi connectivity index (χ1n) is 7.58. The molecule has 3 rings (SSSR count). The summed E-state index contributed by atoms with van der Waals surface area (Å²) in [6, 6.07) is 6.35. The Labute approximate surface area is 116 Å². The minimum atomic E-state index is 0.888. The van der Waals surface area contributed by atoms with Crippen molar-refractivity contribution >= 4 is 11.4 Å². The van der Waals surface area contributed by atoms with Crippen LogP contribution in [0.2, 0.25) is 0 Å². The highest BCUT2D eigenvalue weighted by Gasteiger charge is 2.20. The average molecular weight is 259 g/mol. The molecule has 2 aliphatic rings. The van der Waals surface area contributed by atoms with Crippen molar-refractivity contribution in [2.24, 2.45) is 5.92 Å². The second kappa shape index (κ2) is 5.41. The van der Waals surface area contributed by atoms with Crippen LogP contribution in [0.1, 0.15) is 25.3 Å². The Bertz CT molecular complexity index is 444. The van der Waals surface area contributed by atoms with E-state index in [0.29, 0.717) is 0 Å². The molecule has 104 valence electrons. The first-order chi connectivity index (χ1) is 9.22. The summed E-state index contributed by atoms with van der Waals surface area (Å²) in [6.45, 7) is 8.53. The maximum atomic E-state index is 5.90. The zero-order valence-electron chi connectivity index (χ0n) is 11.9. The number of nitrogens with zero attached hydrogens (tertiary/aromatic N) is 2. The van der Waals surface area contributed by atoms with E-state index in [1.807, 2.05) is 6.07 Å². The number of hydrogen-bond donors (Lipinski definition) is 1. The molecular weight excluding hydrogens is 234 g/mol. The molecule has 19 heavy (non-hydrogen) atoms. The minimum absolute atomic E-state index is 0.888. The fourth-order valence-electron chi connectivity index (χ4n) is 3.41. The zero-order valence-corrected chi connectivity index (χ0v) is 11.9. The van der Waals surface area contributed by atoms with Gasteiger partial charge in [0.1, 0.15) is 0 Å². The third-order valence-corrected chi connectivity index (χ3v) is 4.51. The maximum absolute atomic E-state index is 5.90. The van der Waals surface area contributed by atoms with Crippen LogP contribution in [0, 0.1) is 5.92 Å². The van der Waals surface area contributed by atoms with Gasteiger partial charge in [0.05, 0.1) is 0 Å². The lowest BCUT2D eigenvalue weighted by Crippen LogP contribution is -2.28. The molecule has 2 heterocycles. The fraction of sp³-hybridized carbons (Fsp3) is 0.625. The van der Waals surface area contributed by atoms with Crippen LogP contribution in [0.25, 0.3) is 0 Å². The summed E-state index contributed by atoms with van der Waals surface area (Å²) in [7, 11) is 0. The molecule has 0 amide bonds. The summed E-state index contributed by atoms with van der Waals surface area (Å²) >= 11 is 0. The monoisotopic (exact) mass is 259 g/mol. The van der Waals surface area contributed by atoms with E-state index in [0.717, 1.165) is 18.2 Å². The molecule has 0 radical (unpaired) electrons. The van der Waals surface area contributed by atoms with Crippen LogP contribution in [0.3, 0.4) is 0 Å². The van der Waals surface area contributed by atoms with Crippen molar-refractivity contribution < 1.29 is 0 Å². The second-order valence-corrected chi connectivity index (χ2v) is 6.17. The molecule has 1 aromatic carbocycles. The van der Waals surface area contributed by atoms with Gasteiger partial charge in [-0.2, -0.15) is 0 Å². The first kappa shape index (κ1) is 12.8. The molecular formula is C16H25N3. The van der Waals surface area contributed by atoms with E-state index in [2.05, 4.69) is 28.9 Å². The maximum Gasteiger partial charge on any atom is 0.0420 e. The number of rotatable bonds is 4. The van der Waals surface area contributed by atoms with Crippen LogP contribution in [-0.2, 0) is 6.42 Å². The molecule has 0 spiro atoms. The van der Waals surface area contributed by atoms with Crippen molar-refractivity contribution in [2.45, 2.75) is 26.2 Å².